The molecule has 3 aromatic heterocycles. The van der Waals surface area contributed by atoms with E-state index in [0.717, 1.165) is 10.1 Å². The van der Waals surface area contributed by atoms with Crippen molar-refractivity contribution < 1.29 is 23.8 Å². The molecule has 0 spiro atoms. The molecular formula is C29H34N4O7S. The number of carbonyl (C=O) groups is 1. The van der Waals surface area contributed by atoms with Crippen LogP contribution in [-0.4, -0.2) is 44.4 Å². The molecule has 1 fully saturated rings. The quantitative estimate of drug-likeness (QED) is 0.304. The fraction of sp³-hybridized carbons (Fsp3) is 0.448. The van der Waals surface area contributed by atoms with Crippen LogP contribution in [0, 0.1) is 6.92 Å². The topological polar surface area (TPSA) is 152 Å². The largest absolute Gasteiger partial charge is 0.496 e. The van der Waals surface area contributed by atoms with Crippen molar-refractivity contribution in [2.75, 3.05) is 7.11 Å². The Balaban J connectivity index is 1.74. The van der Waals surface area contributed by atoms with Gasteiger partial charge >= 0.3 is 5.69 Å². The van der Waals surface area contributed by atoms with E-state index in [1.54, 1.807) is 14.0 Å². The summed E-state index contributed by atoms with van der Waals surface area (Å²) in [4.78, 5) is 45.8. The Morgan fingerprint density at radius 1 is 1.24 bits per heavy atom. The Bertz CT molecular complexity index is 1680. The number of amides is 1. The molecule has 0 bridgehead atoms. The highest BCUT2D eigenvalue weighted by molar-refractivity contribution is 7.22. The van der Waals surface area contributed by atoms with Crippen LogP contribution < -0.4 is 21.7 Å². The molecule has 218 valence electrons. The van der Waals surface area contributed by atoms with E-state index in [1.165, 1.54) is 42.2 Å². The summed E-state index contributed by atoms with van der Waals surface area (Å²) in [6, 6.07) is 7.41. The number of para-hydroxylation sites is 1. The molecule has 0 unspecified atom stereocenters. The van der Waals surface area contributed by atoms with Gasteiger partial charge in [-0.2, -0.15) is 0 Å². The molecule has 4 aromatic rings. The van der Waals surface area contributed by atoms with E-state index in [4.69, 9.17) is 19.6 Å². The van der Waals surface area contributed by atoms with E-state index >= 15 is 0 Å². The van der Waals surface area contributed by atoms with Crippen LogP contribution in [0.5, 0.6) is 5.75 Å². The van der Waals surface area contributed by atoms with Gasteiger partial charge in [0.05, 0.1) is 42.3 Å². The van der Waals surface area contributed by atoms with Crippen LogP contribution in [0.25, 0.3) is 21.0 Å². The van der Waals surface area contributed by atoms with Gasteiger partial charge in [-0.15, -0.1) is 11.3 Å². The third-order valence-corrected chi connectivity index (χ3v) is 9.14. The van der Waals surface area contributed by atoms with Crippen molar-refractivity contribution in [1.82, 2.24) is 14.1 Å². The first kappa shape index (κ1) is 28.8. The zero-order valence-corrected chi connectivity index (χ0v) is 24.3. The van der Waals surface area contributed by atoms with Crippen molar-refractivity contribution in [2.24, 2.45) is 5.73 Å². The highest BCUT2D eigenvalue weighted by atomic mass is 32.1. The molecule has 41 heavy (non-hydrogen) atoms. The summed E-state index contributed by atoms with van der Waals surface area (Å²) in [5.74, 6) is 0.0917. The van der Waals surface area contributed by atoms with Crippen molar-refractivity contribution >= 4 is 27.5 Å². The number of nitrogens with zero attached hydrogens (tertiary/aromatic N) is 3. The molecule has 1 saturated carbocycles. The minimum Gasteiger partial charge on any atom is -0.496 e. The molecule has 3 heterocycles. The van der Waals surface area contributed by atoms with Crippen LogP contribution in [-0.2, 0) is 21.6 Å². The van der Waals surface area contributed by atoms with E-state index in [2.05, 4.69) is 4.98 Å². The molecule has 0 radical (unpaired) electrons. The van der Waals surface area contributed by atoms with Crippen molar-refractivity contribution in [3.05, 3.63) is 68.7 Å². The Kier molecular flexibility index (Phi) is 7.91. The molecule has 3 N–H and O–H groups in total. The van der Waals surface area contributed by atoms with Crippen LogP contribution in [0.4, 0.5) is 0 Å². The Labute approximate surface area is 240 Å². The Morgan fingerprint density at radius 2 is 1.95 bits per heavy atom. The number of aliphatic hydroxyl groups excluding tert-OH is 1. The number of hydrogen-bond acceptors (Lipinski definition) is 9. The number of oxazole rings is 1. The third-order valence-electron chi connectivity index (χ3n) is 7.84. The second-order valence-corrected chi connectivity index (χ2v) is 11.8. The lowest BCUT2D eigenvalue weighted by Crippen LogP contribution is -2.54. The number of nitrogens with two attached hydrogens (primary N) is 1. The number of aromatic nitrogens is 3. The molecule has 0 saturated heterocycles. The van der Waals surface area contributed by atoms with Gasteiger partial charge in [-0.3, -0.25) is 14.2 Å². The molecule has 11 nitrogen and oxygen atoms in total. The zero-order valence-electron chi connectivity index (χ0n) is 23.5. The Hall–Kier alpha value is -3.74. The second kappa shape index (κ2) is 11.3. The molecule has 1 atom stereocenters. The van der Waals surface area contributed by atoms with Gasteiger partial charge in [-0.25, -0.2) is 14.3 Å². The van der Waals surface area contributed by atoms with Gasteiger partial charge in [0, 0.05) is 5.56 Å². The lowest BCUT2D eigenvalue weighted by molar-refractivity contribution is -0.125. The maximum absolute atomic E-state index is 14.2. The first-order valence-corrected chi connectivity index (χ1v) is 14.3. The van der Waals surface area contributed by atoms with Crippen molar-refractivity contribution in [3.8, 4) is 16.5 Å². The number of carbonyl (C=O) groups excluding carboxylic acids is 1. The highest BCUT2D eigenvalue weighted by Crippen LogP contribution is 2.38. The van der Waals surface area contributed by atoms with Gasteiger partial charge in [-0.05, 0) is 58.1 Å². The summed E-state index contributed by atoms with van der Waals surface area (Å²) >= 11 is 1.22. The van der Waals surface area contributed by atoms with E-state index in [1.807, 2.05) is 24.3 Å². The first-order valence-electron chi connectivity index (χ1n) is 13.5. The molecule has 1 aliphatic rings. The summed E-state index contributed by atoms with van der Waals surface area (Å²) in [7, 11) is 1.57. The van der Waals surface area contributed by atoms with Crippen molar-refractivity contribution in [1.29, 1.82) is 0 Å². The minimum atomic E-state index is -1.61. The molecular weight excluding hydrogens is 548 g/mol. The second-order valence-electron chi connectivity index (χ2n) is 10.8. The summed E-state index contributed by atoms with van der Waals surface area (Å²) in [6.07, 6.45) is 4.35. The zero-order chi connectivity index (χ0) is 29.5. The SMILES string of the molecule is COc1ccccc1[C@H](Cn1c(=O)n(C(C)(C)C(N)=O)c(=O)c2c(C)c(-c3ncco3)sc21)O[C@H]1CC[C@@H](O)CC1. The van der Waals surface area contributed by atoms with Gasteiger partial charge in [0.15, 0.2) is 0 Å². The fourth-order valence-electron chi connectivity index (χ4n) is 5.38. The predicted octanol–water partition coefficient (Wildman–Crippen LogP) is 3.48. The number of aliphatic hydroxyl groups is 1. The number of benzene rings is 1. The third kappa shape index (κ3) is 5.22. The molecule has 12 heteroatoms. The van der Waals surface area contributed by atoms with Gasteiger partial charge < -0.3 is 24.7 Å². The van der Waals surface area contributed by atoms with Crippen LogP contribution in [0.3, 0.4) is 0 Å². The summed E-state index contributed by atoms with van der Waals surface area (Å²) in [6.45, 7) is 4.69. The van der Waals surface area contributed by atoms with Gasteiger partial charge in [0.25, 0.3) is 5.56 Å². The van der Waals surface area contributed by atoms with E-state index in [9.17, 15) is 19.5 Å². The average Bonchev–Trinajstić information content (AvgIpc) is 3.59. The Morgan fingerprint density at radius 3 is 2.59 bits per heavy atom. The number of thiophene rings is 1. The van der Waals surface area contributed by atoms with Gasteiger partial charge in [-0.1, -0.05) is 18.2 Å². The molecule has 0 aliphatic heterocycles. The molecule has 1 aromatic carbocycles. The number of hydrogen-bond donors (Lipinski definition) is 2. The van der Waals surface area contributed by atoms with Crippen molar-refractivity contribution in [3.63, 3.8) is 0 Å². The van der Waals surface area contributed by atoms with Crippen LogP contribution in [0.1, 0.15) is 56.8 Å². The van der Waals surface area contributed by atoms with Crippen molar-refractivity contribution in [2.45, 2.75) is 76.9 Å². The van der Waals surface area contributed by atoms with E-state index in [-0.39, 0.29) is 24.1 Å². The highest BCUT2D eigenvalue weighted by Gasteiger charge is 2.35. The standard InChI is InChI=1S/C29H34N4O7S/c1-16-22-25(35)33(29(2,3)27(30)36)28(37)32(26(22)41-23(16)24-31-13-14-39-24)15-21(19-7-5-6-8-20(19)38-4)40-18-11-9-17(34)10-12-18/h5-8,13-14,17-18,21,34H,9-12,15H2,1-4H3,(H2,30,36)/t17-,18+,21-/m0/s1. The number of fused-ring (bicyclic) bond motifs is 1. The minimum absolute atomic E-state index is 0.0227. The normalized spacial score (nSPS) is 18.5. The lowest BCUT2D eigenvalue weighted by atomic mass is 9.94. The summed E-state index contributed by atoms with van der Waals surface area (Å²) < 4.78 is 20.2. The lowest BCUT2D eigenvalue weighted by Gasteiger charge is -2.31. The number of rotatable bonds is 9. The molecule has 5 rings (SSSR count). The number of methoxy groups -OCH3 is 1. The number of ether oxygens (including phenoxy) is 2. The number of aryl methyl sites for hydroxylation is 1. The maximum Gasteiger partial charge on any atom is 0.333 e. The fourth-order valence-corrected chi connectivity index (χ4v) is 6.62. The predicted molar refractivity (Wildman–Crippen MR) is 154 cm³/mol. The van der Waals surface area contributed by atoms with Gasteiger partial charge in [0.1, 0.15) is 28.5 Å². The number of primary amides is 1. The summed E-state index contributed by atoms with van der Waals surface area (Å²) in [5.41, 5.74) is 4.09. The molecule has 1 aliphatic carbocycles. The monoisotopic (exact) mass is 582 g/mol. The maximum atomic E-state index is 14.2. The van der Waals surface area contributed by atoms with Crippen LogP contribution >= 0.6 is 11.3 Å². The van der Waals surface area contributed by atoms with Crippen LogP contribution in [0.15, 0.2) is 50.7 Å². The average molecular weight is 583 g/mol. The first-order chi connectivity index (χ1) is 19.5. The summed E-state index contributed by atoms with van der Waals surface area (Å²) in [5, 5.41) is 10.3. The smallest absolute Gasteiger partial charge is 0.333 e. The van der Waals surface area contributed by atoms with Gasteiger partial charge in [0.2, 0.25) is 11.8 Å². The molecule has 1 amide bonds. The van der Waals surface area contributed by atoms with E-state index < -0.39 is 28.8 Å². The van der Waals surface area contributed by atoms with Crippen LogP contribution in [0.2, 0.25) is 0 Å². The van der Waals surface area contributed by atoms with E-state index in [0.29, 0.717) is 52.6 Å².